The third-order valence-corrected chi connectivity index (χ3v) is 3.29. The summed E-state index contributed by atoms with van der Waals surface area (Å²) in [5.41, 5.74) is 0. The van der Waals surface area contributed by atoms with E-state index in [1.165, 1.54) is 0 Å². The molecule has 21 heavy (non-hydrogen) atoms. The molecule has 0 saturated carbocycles. The van der Waals surface area contributed by atoms with E-state index in [1.807, 2.05) is 13.8 Å². The van der Waals surface area contributed by atoms with Crippen molar-refractivity contribution in [2.24, 2.45) is 0 Å². The predicted octanol–water partition coefficient (Wildman–Crippen LogP) is 2.84. The number of hydrogen-bond acceptors (Lipinski definition) is 4. The maximum atomic E-state index is 10.7. The first-order valence-corrected chi connectivity index (χ1v) is 8.13. The molecule has 0 unspecified atom stereocenters. The van der Waals surface area contributed by atoms with Crippen LogP contribution in [0.3, 0.4) is 0 Å². The van der Waals surface area contributed by atoms with Gasteiger partial charge in [-0.05, 0) is 20.8 Å². The van der Waals surface area contributed by atoms with E-state index in [0.717, 1.165) is 39.3 Å². The molecule has 1 heterocycles. The third kappa shape index (κ3) is 12.7. The fourth-order valence-electron chi connectivity index (χ4n) is 2.01. The van der Waals surface area contributed by atoms with E-state index in [2.05, 4.69) is 36.8 Å². The second-order valence-corrected chi connectivity index (χ2v) is 5.04. The molecule has 0 aromatic carbocycles. The van der Waals surface area contributed by atoms with E-state index in [9.17, 15) is 4.79 Å². The summed E-state index contributed by atoms with van der Waals surface area (Å²) in [6.45, 7) is 23.0. The average Bonchev–Trinajstić information content (AvgIpc) is 2.51. The lowest BCUT2D eigenvalue weighted by atomic mass is 10.2. The molecular formula is C17H36N2O2. The Morgan fingerprint density at radius 2 is 1.62 bits per heavy atom. The first kappa shape index (κ1) is 22.6. The van der Waals surface area contributed by atoms with Crippen molar-refractivity contribution >= 4 is 5.78 Å². The zero-order chi connectivity index (χ0) is 16.7. The molecule has 0 aromatic rings. The number of nitrogens with zero attached hydrogens (tertiary/aromatic N) is 2. The second kappa shape index (κ2) is 15.7. The van der Waals surface area contributed by atoms with Crippen LogP contribution in [0.2, 0.25) is 0 Å². The minimum Gasteiger partial charge on any atom is -0.380 e. The lowest BCUT2D eigenvalue weighted by Gasteiger charge is -2.36. The van der Waals surface area contributed by atoms with Gasteiger partial charge in [-0.25, -0.2) is 0 Å². The molecule has 1 saturated heterocycles. The van der Waals surface area contributed by atoms with Crippen molar-refractivity contribution in [3.8, 4) is 0 Å². The van der Waals surface area contributed by atoms with E-state index < -0.39 is 0 Å². The normalized spacial score (nSPS) is 15.7. The van der Waals surface area contributed by atoms with Gasteiger partial charge in [-0.3, -0.25) is 14.6 Å². The number of ketones is 1. The highest BCUT2D eigenvalue weighted by molar-refractivity contribution is 5.75. The Kier molecular flexibility index (Phi) is 16.8. The van der Waals surface area contributed by atoms with Crippen molar-refractivity contribution in [2.45, 2.75) is 47.1 Å². The third-order valence-electron chi connectivity index (χ3n) is 3.29. The van der Waals surface area contributed by atoms with Gasteiger partial charge in [0.15, 0.2) is 0 Å². The van der Waals surface area contributed by atoms with E-state index in [-0.39, 0.29) is 5.78 Å². The van der Waals surface area contributed by atoms with Gasteiger partial charge in [0.1, 0.15) is 5.78 Å². The summed E-state index contributed by atoms with van der Waals surface area (Å²) < 4.78 is 5.45. The van der Waals surface area contributed by atoms with Crippen LogP contribution in [0.5, 0.6) is 0 Å². The van der Waals surface area contributed by atoms with E-state index >= 15 is 0 Å². The molecule has 4 nitrogen and oxygen atoms in total. The molecule has 0 atom stereocenters. The summed E-state index contributed by atoms with van der Waals surface area (Å²) in [5, 5.41) is 0. The van der Waals surface area contributed by atoms with Crippen molar-refractivity contribution in [1.29, 1.82) is 0 Å². The summed E-state index contributed by atoms with van der Waals surface area (Å²) in [7, 11) is 0. The average molecular weight is 300 g/mol. The van der Waals surface area contributed by atoms with Crippen molar-refractivity contribution < 1.29 is 9.53 Å². The Balaban J connectivity index is 0. The molecule has 1 aliphatic heterocycles. The fraction of sp³-hybridized carbons (Fsp3) is 0.824. The summed E-state index contributed by atoms with van der Waals surface area (Å²) in [6, 6.07) is 0.656. The van der Waals surface area contributed by atoms with Gasteiger partial charge in [0.25, 0.3) is 0 Å². The maximum Gasteiger partial charge on any atom is 0.132 e. The topological polar surface area (TPSA) is 32.8 Å². The lowest BCUT2D eigenvalue weighted by Crippen LogP contribution is -2.49. The van der Waals surface area contributed by atoms with Crippen LogP contribution in [-0.4, -0.2) is 67.6 Å². The SMILES string of the molecule is C=C.CC.CC(=O)CCOCCN1CCN(C(C)C)CC1. The molecule has 0 aromatic heterocycles. The van der Waals surface area contributed by atoms with Crippen LogP contribution >= 0.6 is 0 Å². The van der Waals surface area contributed by atoms with Crippen LogP contribution in [0.1, 0.15) is 41.0 Å². The summed E-state index contributed by atoms with van der Waals surface area (Å²) in [6.07, 6.45) is 0.543. The second-order valence-electron chi connectivity index (χ2n) is 5.04. The van der Waals surface area contributed by atoms with Crippen LogP contribution in [0, 0.1) is 0 Å². The molecule has 1 fully saturated rings. The number of piperazine rings is 1. The number of ether oxygens (including phenoxy) is 1. The van der Waals surface area contributed by atoms with Gasteiger partial charge < -0.3 is 4.74 Å². The molecule has 0 bridgehead atoms. The highest BCUT2D eigenvalue weighted by Crippen LogP contribution is 2.05. The Morgan fingerprint density at radius 3 is 2.05 bits per heavy atom. The molecule has 0 aliphatic carbocycles. The molecule has 0 radical (unpaired) electrons. The molecule has 0 amide bonds. The van der Waals surface area contributed by atoms with Crippen LogP contribution < -0.4 is 0 Å². The van der Waals surface area contributed by atoms with Crippen LogP contribution in [0.15, 0.2) is 13.2 Å². The zero-order valence-corrected chi connectivity index (χ0v) is 14.9. The molecule has 126 valence electrons. The molecule has 0 N–H and O–H groups in total. The number of carbonyl (C=O) groups excluding carboxylic acids is 1. The summed E-state index contributed by atoms with van der Waals surface area (Å²) in [4.78, 5) is 15.7. The van der Waals surface area contributed by atoms with Gasteiger partial charge in [-0.15, -0.1) is 13.2 Å². The van der Waals surface area contributed by atoms with Crippen LogP contribution in [-0.2, 0) is 9.53 Å². The maximum absolute atomic E-state index is 10.7. The van der Waals surface area contributed by atoms with Crippen molar-refractivity contribution in [3.63, 3.8) is 0 Å². The lowest BCUT2D eigenvalue weighted by molar-refractivity contribution is -0.118. The summed E-state index contributed by atoms with van der Waals surface area (Å²) >= 11 is 0. The highest BCUT2D eigenvalue weighted by atomic mass is 16.5. The Hall–Kier alpha value is -0.710. The van der Waals surface area contributed by atoms with Gasteiger partial charge >= 0.3 is 0 Å². The smallest absolute Gasteiger partial charge is 0.132 e. The standard InChI is InChI=1S/C13H26N2O2.C2H6.C2H4/c1-12(2)15-7-5-14(6-8-15)9-11-17-10-4-13(3)16;2*1-2/h12H,4-11H2,1-3H3;1-2H3;1-2H2. The monoisotopic (exact) mass is 300 g/mol. The van der Waals surface area contributed by atoms with Crippen LogP contribution in [0.4, 0.5) is 0 Å². The number of Topliss-reactive ketones (excluding diaryl/α,β-unsaturated/α-hetero) is 1. The van der Waals surface area contributed by atoms with Gasteiger partial charge in [0, 0.05) is 45.2 Å². The van der Waals surface area contributed by atoms with E-state index in [0.29, 0.717) is 19.1 Å². The van der Waals surface area contributed by atoms with Crippen molar-refractivity contribution in [3.05, 3.63) is 13.2 Å². The van der Waals surface area contributed by atoms with Gasteiger partial charge in [-0.2, -0.15) is 0 Å². The highest BCUT2D eigenvalue weighted by Gasteiger charge is 2.17. The van der Waals surface area contributed by atoms with E-state index in [1.54, 1.807) is 6.92 Å². The molecule has 0 spiro atoms. The molecular weight excluding hydrogens is 264 g/mol. The largest absolute Gasteiger partial charge is 0.380 e. The Labute approximate surface area is 132 Å². The van der Waals surface area contributed by atoms with Crippen molar-refractivity contribution in [2.75, 3.05) is 45.9 Å². The van der Waals surface area contributed by atoms with Crippen LogP contribution in [0.25, 0.3) is 0 Å². The van der Waals surface area contributed by atoms with Gasteiger partial charge in [0.2, 0.25) is 0 Å². The van der Waals surface area contributed by atoms with Crippen molar-refractivity contribution in [1.82, 2.24) is 9.80 Å². The van der Waals surface area contributed by atoms with E-state index in [4.69, 9.17) is 4.74 Å². The number of hydrogen-bond donors (Lipinski definition) is 0. The molecule has 1 rings (SSSR count). The fourth-order valence-corrected chi connectivity index (χ4v) is 2.01. The quantitative estimate of drug-likeness (QED) is 0.535. The molecule has 1 aliphatic rings. The minimum atomic E-state index is 0.204. The number of rotatable bonds is 7. The number of carbonyl (C=O) groups is 1. The Morgan fingerprint density at radius 1 is 1.10 bits per heavy atom. The Bertz CT molecular complexity index is 237. The first-order valence-electron chi connectivity index (χ1n) is 8.13. The first-order chi connectivity index (χ1) is 10.1. The minimum absolute atomic E-state index is 0.204. The summed E-state index contributed by atoms with van der Waals surface area (Å²) in [5.74, 6) is 0.204. The predicted molar refractivity (Wildman–Crippen MR) is 91.9 cm³/mol. The van der Waals surface area contributed by atoms with Gasteiger partial charge in [-0.1, -0.05) is 13.8 Å². The van der Waals surface area contributed by atoms with Gasteiger partial charge in [0.05, 0.1) is 13.2 Å². The molecule has 4 heteroatoms. The zero-order valence-electron chi connectivity index (χ0n) is 14.9.